The van der Waals surface area contributed by atoms with E-state index in [1.165, 1.54) is 0 Å². The molecule has 33 heavy (non-hydrogen) atoms. The molecule has 1 saturated heterocycles. The zero-order valence-corrected chi connectivity index (χ0v) is 19.0. The van der Waals surface area contributed by atoms with Crippen LogP contribution in [0.4, 0.5) is 10.5 Å². The van der Waals surface area contributed by atoms with Crippen molar-refractivity contribution in [2.75, 3.05) is 12.4 Å². The van der Waals surface area contributed by atoms with Crippen LogP contribution in [0.3, 0.4) is 0 Å². The van der Waals surface area contributed by atoms with Gasteiger partial charge in [0.2, 0.25) is 5.91 Å². The van der Waals surface area contributed by atoms with Crippen molar-refractivity contribution in [2.45, 2.75) is 39.4 Å². The Morgan fingerprint density at radius 3 is 2.58 bits per heavy atom. The first-order chi connectivity index (χ1) is 15.8. The molecule has 1 aliphatic heterocycles. The van der Waals surface area contributed by atoms with E-state index in [0.29, 0.717) is 17.4 Å². The molecule has 2 heterocycles. The summed E-state index contributed by atoms with van der Waals surface area (Å²) in [6, 6.07) is 13.5. The number of imide groups is 1. The second kappa shape index (κ2) is 9.36. The third kappa shape index (κ3) is 5.00. The number of rotatable bonds is 8. The Balaban J connectivity index is 1.37. The first-order valence-corrected chi connectivity index (χ1v) is 11.0. The Kier molecular flexibility index (Phi) is 6.35. The van der Waals surface area contributed by atoms with E-state index in [1.54, 1.807) is 31.4 Å². The second-order valence-corrected chi connectivity index (χ2v) is 8.66. The minimum absolute atomic E-state index is 0.129. The number of benzene rings is 2. The van der Waals surface area contributed by atoms with Crippen molar-refractivity contribution in [2.24, 2.45) is 5.92 Å². The van der Waals surface area contributed by atoms with Crippen LogP contribution in [0.2, 0.25) is 0 Å². The SMILES string of the molecule is COc1ccc(CN2C(=O)NC(CC(=O)Nc3ccc4c(ccn4CC(C)C)c3)C2=O)cc1. The van der Waals surface area contributed by atoms with Crippen LogP contribution in [0.15, 0.2) is 54.7 Å². The molecule has 4 amide bonds. The number of hydrogen-bond donors (Lipinski definition) is 2. The predicted molar refractivity (Wildman–Crippen MR) is 126 cm³/mol. The number of ether oxygens (including phenoxy) is 1. The molecule has 3 aromatic rings. The van der Waals surface area contributed by atoms with Gasteiger partial charge in [0.15, 0.2) is 0 Å². The van der Waals surface area contributed by atoms with Gasteiger partial charge in [0.25, 0.3) is 5.91 Å². The summed E-state index contributed by atoms with van der Waals surface area (Å²) < 4.78 is 7.32. The molecule has 1 unspecified atom stereocenters. The van der Waals surface area contributed by atoms with Gasteiger partial charge in [-0.05, 0) is 47.9 Å². The lowest BCUT2D eigenvalue weighted by atomic mass is 10.1. The maximum Gasteiger partial charge on any atom is 0.325 e. The summed E-state index contributed by atoms with van der Waals surface area (Å²) >= 11 is 0. The largest absolute Gasteiger partial charge is 0.497 e. The van der Waals surface area contributed by atoms with Crippen molar-refractivity contribution in [3.63, 3.8) is 0 Å². The van der Waals surface area contributed by atoms with E-state index < -0.39 is 18.0 Å². The van der Waals surface area contributed by atoms with Crippen molar-refractivity contribution in [3.05, 3.63) is 60.3 Å². The Bertz CT molecular complexity index is 1180. The minimum atomic E-state index is -0.883. The Morgan fingerprint density at radius 1 is 1.12 bits per heavy atom. The van der Waals surface area contributed by atoms with E-state index in [9.17, 15) is 14.4 Å². The Hall–Kier alpha value is -3.81. The van der Waals surface area contributed by atoms with E-state index in [0.717, 1.165) is 27.9 Å². The standard InChI is InChI=1S/C25H28N4O4/c1-16(2)14-28-11-10-18-12-19(6-9-22(18)28)26-23(30)13-21-24(31)29(25(32)27-21)15-17-4-7-20(33-3)8-5-17/h4-12,16,21H,13-15H2,1-3H3,(H,26,30)(H,27,32). The minimum Gasteiger partial charge on any atom is -0.497 e. The molecule has 2 aromatic carbocycles. The van der Waals surface area contributed by atoms with Crippen molar-refractivity contribution in [1.29, 1.82) is 0 Å². The normalized spacial score (nSPS) is 15.9. The van der Waals surface area contributed by atoms with Crippen LogP contribution in [0, 0.1) is 5.92 Å². The highest BCUT2D eigenvalue weighted by Crippen LogP contribution is 2.22. The Morgan fingerprint density at radius 2 is 1.88 bits per heavy atom. The maximum absolute atomic E-state index is 12.7. The fourth-order valence-electron chi connectivity index (χ4n) is 4.01. The lowest BCUT2D eigenvalue weighted by Gasteiger charge is -2.13. The number of aromatic nitrogens is 1. The highest BCUT2D eigenvalue weighted by atomic mass is 16.5. The van der Waals surface area contributed by atoms with E-state index in [4.69, 9.17) is 4.74 Å². The first-order valence-electron chi connectivity index (χ1n) is 11.0. The van der Waals surface area contributed by atoms with Gasteiger partial charge in [-0.15, -0.1) is 0 Å². The maximum atomic E-state index is 12.7. The number of nitrogens with zero attached hydrogens (tertiary/aromatic N) is 2. The highest BCUT2D eigenvalue weighted by molar-refractivity contribution is 6.07. The molecule has 2 N–H and O–H groups in total. The summed E-state index contributed by atoms with van der Waals surface area (Å²) in [6.45, 7) is 5.39. The fourth-order valence-corrected chi connectivity index (χ4v) is 4.01. The molecule has 1 aliphatic rings. The number of methoxy groups -OCH3 is 1. The predicted octanol–water partition coefficient (Wildman–Crippen LogP) is 3.76. The van der Waals surface area contributed by atoms with Crippen LogP contribution >= 0.6 is 0 Å². The number of nitrogens with one attached hydrogen (secondary N) is 2. The van der Waals surface area contributed by atoms with E-state index in [1.807, 2.05) is 30.5 Å². The second-order valence-electron chi connectivity index (χ2n) is 8.66. The van der Waals surface area contributed by atoms with Crippen LogP contribution in [-0.4, -0.2) is 40.5 Å². The van der Waals surface area contributed by atoms with E-state index in [-0.39, 0.29) is 18.9 Å². The van der Waals surface area contributed by atoms with Gasteiger partial charge in [-0.3, -0.25) is 14.5 Å². The molecule has 0 radical (unpaired) electrons. The molecule has 1 atom stereocenters. The fraction of sp³-hybridized carbons (Fsp3) is 0.320. The Labute approximate surface area is 192 Å². The van der Waals surface area contributed by atoms with Crippen LogP contribution in [0.5, 0.6) is 5.75 Å². The molecule has 0 aliphatic carbocycles. The highest BCUT2D eigenvalue weighted by Gasteiger charge is 2.39. The van der Waals surface area contributed by atoms with Crippen molar-refractivity contribution < 1.29 is 19.1 Å². The lowest BCUT2D eigenvalue weighted by molar-refractivity contribution is -0.130. The van der Waals surface area contributed by atoms with Crippen LogP contribution in [0.1, 0.15) is 25.8 Å². The molecular weight excluding hydrogens is 420 g/mol. The smallest absolute Gasteiger partial charge is 0.325 e. The summed E-state index contributed by atoms with van der Waals surface area (Å²) in [5.41, 5.74) is 2.55. The first kappa shape index (κ1) is 22.4. The molecule has 8 nitrogen and oxygen atoms in total. The van der Waals surface area contributed by atoms with Crippen molar-refractivity contribution in [1.82, 2.24) is 14.8 Å². The van der Waals surface area contributed by atoms with Crippen LogP contribution in [0.25, 0.3) is 10.9 Å². The van der Waals surface area contributed by atoms with E-state index >= 15 is 0 Å². The molecule has 1 aromatic heterocycles. The molecular formula is C25H28N4O4. The summed E-state index contributed by atoms with van der Waals surface area (Å²) in [5.74, 6) is 0.483. The van der Waals surface area contributed by atoms with Crippen LogP contribution < -0.4 is 15.4 Å². The van der Waals surface area contributed by atoms with Gasteiger partial charge in [-0.1, -0.05) is 26.0 Å². The van der Waals surface area contributed by atoms with Gasteiger partial charge >= 0.3 is 6.03 Å². The average Bonchev–Trinajstić information content (AvgIpc) is 3.29. The van der Waals surface area contributed by atoms with Crippen LogP contribution in [-0.2, 0) is 22.7 Å². The van der Waals surface area contributed by atoms with Gasteiger partial charge in [0.1, 0.15) is 11.8 Å². The lowest BCUT2D eigenvalue weighted by Crippen LogP contribution is -2.34. The third-order valence-electron chi connectivity index (χ3n) is 5.61. The summed E-state index contributed by atoms with van der Waals surface area (Å²) in [5, 5.41) is 6.48. The number of urea groups is 1. The zero-order valence-electron chi connectivity index (χ0n) is 19.0. The number of carbonyl (C=O) groups is 3. The monoisotopic (exact) mass is 448 g/mol. The summed E-state index contributed by atoms with van der Waals surface area (Å²) in [4.78, 5) is 38.8. The number of hydrogen-bond acceptors (Lipinski definition) is 4. The third-order valence-corrected chi connectivity index (χ3v) is 5.61. The number of fused-ring (bicyclic) bond motifs is 1. The van der Waals surface area contributed by atoms with E-state index in [2.05, 4.69) is 29.0 Å². The van der Waals surface area contributed by atoms with Crippen molar-refractivity contribution in [3.8, 4) is 5.75 Å². The molecule has 172 valence electrons. The quantitative estimate of drug-likeness (QED) is 0.513. The van der Waals surface area contributed by atoms with Crippen molar-refractivity contribution >= 4 is 34.4 Å². The van der Waals surface area contributed by atoms with Gasteiger partial charge < -0.3 is 19.9 Å². The molecule has 0 saturated carbocycles. The topological polar surface area (TPSA) is 92.7 Å². The van der Waals surface area contributed by atoms with Gasteiger partial charge in [0, 0.05) is 29.3 Å². The average molecular weight is 449 g/mol. The van der Waals surface area contributed by atoms with Gasteiger partial charge in [0.05, 0.1) is 20.1 Å². The number of anilines is 1. The van der Waals surface area contributed by atoms with Gasteiger partial charge in [-0.25, -0.2) is 4.79 Å². The molecule has 8 heteroatoms. The molecule has 0 bridgehead atoms. The molecule has 1 fully saturated rings. The summed E-state index contributed by atoms with van der Waals surface area (Å²) in [7, 11) is 1.57. The number of carbonyl (C=O) groups excluding carboxylic acids is 3. The van der Waals surface area contributed by atoms with Gasteiger partial charge in [-0.2, -0.15) is 0 Å². The zero-order chi connectivity index (χ0) is 23.5. The number of amides is 4. The molecule has 4 rings (SSSR count). The summed E-state index contributed by atoms with van der Waals surface area (Å²) in [6.07, 6.45) is 1.91. The molecule has 0 spiro atoms.